The maximum absolute atomic E-state index is 11.4. The van der Waals surface area contributed by atoms with Crippen LogP contribution in [0.25, 0.3) is 11.1 Å². The molecule has 82 valence electrons. The maximum atomic E-state index is 11.4. The number of methoxy groups -OCH3 is 1. The van der Waals surface area contributed by atoms with Crippen molar-refractivity contribution in [2.24, 2.45) is 0 Å². The summed E-state index contributed by atoms with van der Waals surface area (Å²) in [7, 11) is 1.35. The number of pyridine rings is 1. The SMILES string of the molecule is COC(=O)c1c[nH]cc1-c1ccc(Cl)nc1. The van der Waals surface area contributed by atoms with Crippen LogP contribution in [-0.2, 0) is 4.74 Å². The second-order valence-corrected chi connectivity index (χ2v) is 3.53. The van der Waals surface area contributed by atoms with Gasteiger partial charge < -0.3 is 9.72 Å². The molecule has 0 aliphatic heterocycles. The minimum Gasteiger partial charge on any atom is -0.465 e. The summed E-state index contributed by atoms with van der Waals surface area (Å²) in [6.07, 6.45) is 4.92. The number of esters is 1. The third-order valence-electron chi connectivity index (χ3n) is 2.19. The molecule has 1 N–H and O–H groups in total. The van der Waals surface area contributed by atoms with Crippen molar-refractivity contribution in [2.75, 3.05) is 7.11 Å². The van der Waals surface area contributed by atoms with E-state index in [2.05, 4.69) is 14.7 Å². The summed E-state index contributed by atoms with van der Waals surface area (Å²) in [5, 5.41) is 0.416. The summed E-state index contributed by atoms with van der Waals surface area (Å²) < 4.78 is 4.68. The fraction of sp³-hybridized carbons (Fsp3) is 0.0909. The number of rotatable bonds is 2. The Labute approximate surface area is 97.2 Å². The van der Waals surface area contributed by atoms with Gasteiger partial charge in [0.25, 0.3) is 0 Å². The molecule has 2 rings (SSSR count). The molecule has 0 aliphatic rings. The van der Waals surface area contributed by atoms with E-state index in [1.54, 1.807) is 30.7 Å². The number of carbonyl (C=O) groups excluding carboxylic acids is 1. The van der Waals surface area contributed by atoms with E-state index in [1.165, 1.54) is 7.11 Å². The monoisotopic (exact) mass is 236 g/mol. The summed E-state index contributed by atoms with van der Waals surface area (Å²) in [5.74, 6) is -0.383. The van der Waals surface area contributed by atoms with Crippen molar-refractivity contribution in [1.29, 1.82) is 0 Å². The van der Waals surface area contributed by atoms with Gasteiger partial charge in [-0.2, -0.15) is 0 Å². The Kier molecular flexibility index (Phi) is 2.92. The summed E-state index contributed by atoms with van der Waals surface area (Å²) in [4.78, 5) is 18.3. The Hall–Kier alpha value is -1.81. The lowest BCUT2D eigenvalue weighted by Gasteiger charge is -2.01. The molecule has 0 amide bonds. The number of aromatic amines is 1. The lowest BCUT2D eigenvalue weighted by molar-refractivity contribution is 0.0602. The maximum Gasteiger partial charge on any atom is 0.340 e. The van der Waals surface area contributed by atoms with Gasteiger partial charge in [-0.15, -0.1) is 0 Å². The molecule has 0 unspecified atom stereocenters. The number of carbonyl (C=O) groups is 1. The number of nitrogens with one attached hydrogen (secondary N) is 1. The van der Waals surface area contributed by atoms with Gasteiger partial charge in [0.2, 0.25) is 0 Å². The highest BCUT2D eigenvalue weighted by atomic mass is 35.5. The fourth-order valence-corrected chi connectivity index (χ4v) is 1.53. The fourth-order valence-electron chi connectivity index (χ4n) is 1.42. The average Bonchev–Trinajstić information content (AvgIpc) is 2.78. The van der Waals surface area contributed by atoms with E-state index < -0.39 is 0 Å². The van der Waals surface area contributed by atoms with Crippen LogP contribution in [0.1, 0.15) is 10.4 Å². The van der Waals surface area contributed by atoms with Crippen LogP contribution in [0.3, 0.4) is 0 Å². The molecule has 2 heterocycles. The van der Waals surface area contributed by atoms with Gasteiger partial charge in [-0.05, 0) is 12.1 Å². The molecule has 2 aromatic rings. The van der Waals surface area contributed by atoms with E-state index in [-0.39, 0.29) is 5.97 Å². The van der Waals surface area contributed by atoms with Crippen LogP contribution in [0.5, 0.6) is 0 Å². The predicted octanol–water partition coefficient (Wildman–Crippen LogP) is 2.52. The van der Waals surface area contributed by atoms with Gasteiger partial charge in [0.05, 0.1) is 12.7 Å². The largest absolute Gasteiger partial charge is 0.465 e. The van der Waals surface area contributed by atoms with Crippen molar-refractivity contribution in [1.82, 2.24) is 9.97 Å². The molecular weight excluding hydrogens is 228 g/mol. The number of ether oxygens (including phenoxy) is 1. The Morgan fingerprint density at radius 1 is 1.44 bits per heavy atom. The van der Waals surface area contributed by atoms with Gasteiger partial charge in [-0.25, -0.2) is 9.78 Å². The minimum atomic E-state index is -0.383. The predicted molar refractivity (Wildman–Crippen MR) is 60.4 cm³/mol. The van der Waals surface area contributed by atoms with Crippen LogP contribution in [0.15, 0.2) is 30.7 Å². The molecule has 0 atom stereocenters. The van der Waals surface area contributed by atoms with E-state index in [4.69, 9.17) is 11.6 Å². The van der Waals surface area contributed by atoms with Crippen LogP contribution in [0.4, 0.5) is 0 Å². The third-order valence-corrected chi connectivity index (χ3v) is 2.41. The van der Waals surface area contributed by atoms with Gasteiger partial charge in [0, 0.05) is 29.7 Å². The summed E-state index contributed by atoms with van der Waals surface area (Å²) in [6.45, 7) is 0. The smallest absolute Gasteiger partial charge is 0.340 e. The molecule has 0 radical (unpaired) electrons. The number of halogens is 1. The van der Waals surface area contributed by atoms with E-state index in [9.17, 15) is 4.79 Å². The van der Waals surface area contributed by atoms with Gasteiger partial charge in [-0.1, -0.05) is 11.6 Å². The van der Waals surface area contributed by atoms with Gasteiger partial charge in [-0.3, -0.25) is 0 Å². The number of H-pyrrole nitrogens is 1. The topological polar surface area (TPSA) is 55.0 Å². The zero-order valence-corrected chi connectivity index (χ0v) is 9.28. The zero-order chi connectivity index (χ0) is 11.5. The van der Waals surface area contributed by atoms with E-state index in [1.807, 2.05) is 0 Å². The first-order chi connectivity index (χ1) is 7.72. The lowest BCUT2D eigenvalue weighted by Crippen LogP contribution is -2.01. The zero-order valence-electron chi connectivity index (χ0n) is 8.53. The first kappa shape index (κ1) is 10.7. The number of hydrogen-bond donors (Lipinski definition) is 1. The van der Waals surface area contributed by atoms with Crippen molar-refractivity contribution in [3.05, 3.63) is 41.4 Å². The van der Waals surface area contributed by atoms with Crippen molar-refractivity contribution < 1.29 is 9.53 Å². The molecule has 0 saturated heterocycles. The van der Waals surface area contributed by atoms with Crippen LogP contribution < -0.4 is 0 Å². The standard InChI is InChI=1S/C11H9ClN2O2/c1-16-11(15)9-6-13-5-8(9)7-2-3-10(12)14-4-7/h2-6,13H,1H3. The third kappa shape index (κ3) is 1.92. The summed E-state index contributed by atoms with van der Waals surface area (Å²) in [5.41, 5.74) is 2.04. The second-order valence-electron chi connectivity index (χ2n) is 3.14. The van der Waals surface area contributed by atoms with E-state index in [0.717, 1.165) is 11.1 Å². The number of hydrogen-bond acceptors (Lipinski definition) is 3. The Bertz CT molecular complexity index is 505. The Morgan fingerprint density at radius 2 is 2.25 bits per heavy atom. The highest BCUT2D eigenvalue weighted by Crippen LogP contribution is 2.24. The summed E-state index contributed by atoms with van der Waals surface area (Å²) >= 11 is 5.69. The molecule has 0 fully saturated rings. The summed E-state index contributed by atoms with van der Waals surface area (Å²) in [6, 6.07) is 3.47. The molecule has 0 bridgehead atoms. The lowest BCUT2D eigenvalue weighted by atomic mass is 10.1. The van der Waals surface area contributed by atoms with Crippen LogP contribution >= 0.6 is 11.6 Å². The quantitative estimate of drug-likeness (QED) is 0.644. The second kappa shape index (κ2) is 4.37. The molecule has 5 heteroatoms. The highest BCUT2D eigenvalue weighted by molar-refractivity contribution is 6.29. The molecule has 0 aliphatic carbocycles. The van der Waals surface area contributed by atoms with Gasteiger partial charge in [0.15, 0.2) is 0 Å². The van der Waals surface area contributed by atoms with Crippen molar-refractivity contribution >= 4 is 17.6 Å². The average molecular weight is 237 g/mol. The first-order valence-corrected chi connectivity index (χ1v) is 4.97. The highest BCUT2D eigenvalue weighted by Gasteiger charge is 2.14. The van der Waals surface area contributed by atoms with Gasteiger partial charge >= 0.3 is 5.97 Å². The molecular formula is C11H9ClN2O2. The molecule has 2 aromatic heterocycles. The molecule has 16 heavy (non-hydrogen) atoms. The Morgan fingerprint density at radius 3 is 2.88 bits per heavy atom. The number of aromatic nitrogens is 2. The van der Waals surface area contributed by atoms with Gasteiger partial charge in [0.1, 0.15) is 5.15 Å². The first-order valence-electron chi connectivity index (χ1n) is 4.59. The molecule has 0 spiro atoms. The Balaban J connectivity index is 2.44. The minimum absolute atomic E-state index is 0.383. The van der Waals surface area contributed by atoms with Crippen molar-refractivity contribution in [3.63, 3.8) is 0 Å². The van der Waals surface area contributed by atoms with E-state index in [0.29, 0.717) is 10.7 Å². The van der Waals surface area contributed by atoms with Crippen molar-refractivity contribution in [2.45, 2.75) is 0 Å². The number of nitrogens with zero attached hydrogens (tertiary/aromatic N) is 1. The van der Waals surface area contributed by atoms with Crippen molar-refractivity contribution in [3.8, 4) is 11.1 Å². The van der Waals surface area contributed by atoms with Crippen LogP contribution in [0.2, 0.25) is 5.15 Å². The van der Waals surface area contributed by atoms with E-state index >= 15 is 0 Å². The molecule has 4 nitrogen and oxygen atoms in total. The van der Waals surface area contributed by atoms with Crippen LogP contribution in [-0.4, -0.2) is 23.0 Å². The normalized spacial score (nSPS) is 10.1. The van der Waals surface area contributed by atoms with Crippen LogP contribution in [0, 0.1) is 0 Å². The molecule has 0 saturated carbocycles. The molecule has 0 aromatic carbocycles.